The van der Waals surface area contributed by atoms with Crippen molar-refractivity contribution in [2.45, 2.75) is 13.3 Å². The molecule has 2 aromatic heterocycles. The lowest BCUT2D eigenvalue weighted by atomic mass is 10.0. The van der Waals surface area contributed by atoms with Crippen LogP contribution in [0.1, 0.15) is 20.8 Å². The Morgan fingerprint density at radius 3 is 3.00 bits per heavy atom. The summed E-state index contributed by atoms with van der Waals surface area (Å²) < 4.78 is 0. The van der Waals surface area contributed by atoms with Crippen LogP contribution in [0.15, 0.2) is 36.0 Å². The summed E-state index contributed by atoms with van der Waals surface area (Å²) in [7, 11) is 0. The number of Topliss-reactive ketones (excluding diaryl/α,β-unsaturated/α-hetero) is 1. The standard InChI is InChI=1S/C12H11NOS/c1-9-8-13-5-4-11(9)12(14)7-10-3-2-6-15-10/h2-6,8H,7H2,1H3. The van der Waals surface area contributed by atoms with Crippen LogP contribution in [0.2, 0.25) is 0 Å². The van der Waals surface area contributed by atoms with Crippen molar-refractivity contribution in [3.05, 3.63) is 52.0 Å². The molecular formula is C12H11NOS. The second kappa shape index (κ2) is 4.36. The third-order valence-electron chi connectivity index (χ3n) is 2.24. The second-order valence-corrected chi connectivity index (χ2v) is 4.40. The molecule has 0 N–H and O–H groups in total. The molecule has 0 fully saturated rings. The molecule has 2 nitrogen and oxygen atoms in total. The SMILES string of the molecule is Cc1cnccc1C(=O)Cc1cccs1. The van der Waals surface area contributed by atoms with Crippen LogP contribution in [-0.4, -0.2) is 10.8 Å². The van der Waals surface area contributed by atoms with E-state index in [1.54, 1.807) is 29.8 Å². The van der Waals surface area contributed by atoms with Gasteiger partial charge in [0.1, 0.15) is 0 Å². The Kier molecular flexibility index (Phi) is 2.92. The molecule has 3 heteroatoms. The average Bonchev–Trinajstić information content (AvgIpc) is 2.71. The molecule has 15 heavy (non-hydrogen) atoms. The van der Waals surface area contributed by atoms with E-state index in [4.69, 9.17) is 0 Å². The summed E-state index contributed by atoms with van der Waals surface area (Å²) in [6.07, 6.45) is 3.87. The summed E-state index contributed by atoms with van der Waals surface area (Å²) in [6.45, 7) is 1.91. The number of thiophene rings is 1. The monoisotopic (exact) mass is 217 g/mol. The zero-order valence-corrected chi connectivity index (χ0v) is 9.25. The van der Waals surface area contributed by atoms with E-state index in [1.807, 2.05) is 24.4 Å². The van der Waals surface area contributed by atoms with E-state index < -0.39 is 0 Å². The molecule has 0 unspecified atom stereocenters. The lowest BCUT2D eigenvalue weighted by Crippen LogP contribution is -2.04. The summed E-state index contributed by atoms with van der Waals surface area (Å²) >= 11 is 1.62. The first kappa shape index (κ1) is 10.1. The largest absolute Gasteiger partial charge is 0.294 e. The van der Waals surface area contributed by atoms with Gasteiger partial charge in [-0.25, -0.2) is 0 Å². The van der Waals surface area contributed by atoms with Gasteiger partial charge in [-0.2, -0.15) is 0 Å². The smallest absolute Gasteiger partial charge is 0.168 e. The van der Waals surface area contributed by atoms with Crippen LogP contribution >= 0.6 is 11.3 Å². The van der Waals surface area contributed by atoms with Crippen molar-refractivity contribution in [1.82, 2.24) is 4.98 Å². The molecule has 0 aromatic carbocycles. The Labute approximate surface area is 92.6 Å². The van der Waals surface area contributed by atoms with Gasteiger partial charge in [-0.05, 0) is 30.0 Å². The molecule has 0 radical (unpaired) electrons. The quantitative estimate of drug-likeness (QED) is 0.740. The molecule has 0 aliphatic carbocycles. The zero-order valence-electron chi connectivity index (χ0n) is 8.43. The Morgan fingerprint density at radius 1 is 1.47 bits per heavy atom. The maximum absolute atomic E-state index is 11.9. The average molecular weight is 217 g/mol. The molecule has 2 aromatic rings. The number of rotatable bonds is 3. The van der Waals surface area contributed by atoms with Gasteiger partial charge in [0.15, 0.2) is 5.78 Å². The minimum atomic E-state index is 0.164. The third-order valence-corrected chi connectivity index (χ3v) is 3.11. The van der Waals surface area contributed by atoms with E-state index in [0.717, 1.165) is 16.0 Å². The summed E-state index contributed by atoms with van der Waals surface area (Å²) in [5.41, 5.74) is 1.72. The first-order valence-corrected chi connectivity index (χ1v) is 5.61. The molecule has 0 amide bonds. The fourth-order valence-corrected chi connectivity index (χ4v) is 2.16. The third kappa shape index (κ3) is 2.30. The van der Waals surface area contributed by atoms with Crippen LogP contribution < -0.4 is 0 Å². The number of aromatic nitrogens is 1. The number of hydrogen-bond donors (Lipinski definition) is 0. The van der Waals surface area contributed by atoms with Crippen LogP contribution in [0.4, 0.5) is 0 Å². The van der Waals surface area contributed by atoms with Crippen molar-refractivity contribution in [3.63, 3.8) is 0 Å². The van der Waals surface area contributed by atoms with Gasteiger partial charge >= 0.3 is 0 Å². The number of aryl methyl sites for hydroxylation is 1. The summed E-state index contributed by atoms with van der Waals surface area (Å²) in [5, 5.41) is 1.99. The predicted molar refractivity (Wildman–Crippen MR) is 61.3 cm³/mol. The molecule has 0 bridgehead atoms. The highest BCUT2D eigenvalue weighted by Crippen LogP contribution is 2.14. The predicted octanol–water partition coefficient (Wildman–Crippen LogP) is 2.88. The van der Waals surface area contributed by atoms with Crippen LogP contribution in [0.3, 0.4) is 0 Å². The van der Waals surface area contributed by atoms with Gasteiger partial charge in [0.05, 0.1) is 0 Å². The van der Waals surface area contributed by atoms with Crippen LogP contribution in [0.25, 0.3) is 0 Å². The fraction of sp³-hybridized carbons (Fsp3) is 0.167. The number of hydrogen-bond acceptors (Lipinski definition) is 3. The van der Waals surface area contributed by atoms with Gasteiger partial charge in [0.25, 0.3) is 0 Å². The van der Waals surface area contributed by atoms with Gasteiger partial charge in [0.2, 0.25) is 0 Å². The summed E-state index contributed by atoms with van der Waals surface area (Å²) in [4.78, 5) is 17.0. The number of nitrogens with zero attached hydrogens (tertiary/aromatic N) is 1. The van der Waals surface area contributed by atoms with E-state index >= 15 is 0 Å². The van der Waals surface area contributed by atoms with E-state index in [1.165, 1.54) is 0 Å². The van der Waals surface area contributed by atoms with E-state index in [9.17, 15) is 4.79 Å². The van der Waals surface area contributed by atoms with Crippen LogP contribution in [0.5, 0.6) is 0 Å². The van der Waals surface area contributed by atoms with Crippen molar-refractivity contribution in [1.29, 1.82) is 0 Å². The molecule has 0 aliphatic rings. The Hall–Kier alpha value is -1.48. The minimum absolute atomic E-state index is 0.164. The zero-order chi connectivity index (χ0) is 10.7. The molecule has 0 atom stereocenters. The molecule has 0 saturated carbocycles. The highest BCUT2D eigenvalue weighted by Gasteiger charge is 2.09. The first-order valence-electron chi connectivity index (χ1n) is 4.73. The summed E-state index contributed by atoms with van der Waals surface area (Å²) in [5.74, 6) is 0.164. The number of carbonyl (C=O) groups excluding carboxylic acids is 1. The van der Waals surface area contributed by atoms with Crippen LogP contribution in [0, 0.1) is 6.92 Å². The maximum atomic E-state index is 11.9. The summed E-state index contributed by atoms with van der Waals surface area (Å²) in [6, 6.07) is 5.73. The molecule has 76 valence electrons. The number of pyridine rings is 1. The highest BCUT2D eigenvalue weighted by molar-refractivity contribution is 7.10. The molecule has 2 heterocycles. The van der Waals surface area contributed by atoms with E-state index in [0.29, 0.717) is 6.42 Å². The van der Waals surface area contributed by atoms with Crippen LogP contribution in [-0.2, 0) is 6.42 Å². The van der Waals surface area contributed by atoms with Gasteiger partial charge in [-0.15, -0.1) is 11.3 Å². The normalized spacial score (nSPS) is 10.2. The Balaban J connectivity index is 2.19. The van der Waals surface area contributed by atoms with Crippen molar-refractivity contribution in [3.8, 4) is 0 Å². The fourth-order valence-electron chi connectivity index (χ4n) is 1.45. The van der Waals surface area contributed by atoms with Crippen molar-refractivity contribution in [2.75, 3.05) is 0 Å². The highest BCUT2D eigenvalue weighted by atomic mass is 32.1. The number of ketones is 1. The lowest BCUT2D eigenvalue weighted by Gasteiger charge is -2.02. The molecular weight excluding hydrogens is 206 g/mol. The molecule has 2 rings (SSSR count). The topological polar surface area (TPSA) is 30.0 Å². The van der Waals surface area contributed by atoms with Crippen molar-refractivity contribution in [2.24, 2.45) is 0 Å². The Bertz CT molecular complexity index is 462. The number of carbonyl (C=O) groups is 1. The molecule has 0 saturated heterocycles. The van der Waals surface area contributed by atoms with Gasteiger partial charge in [0, 0.05) is 29.3 Å². The maximum Gasteiger partial charge on any atom is 0.168 e. The Morgan fingerprint density at radius 2 is 2.33 bits per heavy atom. The van der Waals surface area contributed by atoms with Gasteiger partial charge < -0.3 is 0 Å². The first-order chi connectivity index (χ1) is 7.27. The van der Waals surface area contributed by atoms with Crippen molar-refractivity contribution >= 4 is 17.1 Å². The minimum Gasteiger partial charge on any atom is -0.294 e. The van der Waals surface area contributed by atoms with E-state index in [-0.39, 0.29) is 5.78 Å². The lowest BCUT2D eigenvalue weighted by molar-refractivity contribution is 0.0993. The van der Waals surface area contributed by atoms with Crippen molar-refractivity contribution < 1.29 is 4.79 Å². The molecule has 0 spiro atoms. The van der Waals surface area contributed by atoms with E-state index in [2.05, 4.69) is 4.98 Å². The van der Waals surface area contributed by atoms with Gasteiger partial charge in [-0.3, -0.25) is 9.78 Å². The second-order valence-electron chi connectivity index (χ2n) is 3.37. The molecule has 0 aliphatic heterocycles. The van der Waals surface area contributed by atoms with Gasteiger partial charge in [-0.1, -0.05) is 6.07 Å².